The Hall–Kier alpha value is -1.86. The van der Waals surface area contributed by atoms with Gasteiger partial charge in [-0.3, -0.25) is 9.10 Å². The molecule has 5 nitrogen and oxygen atoms in total. The van der Waals surface area contributed by atoms with Crippen molar-refractivity contribution in [1.82, 2.24) is 0 Å². The summed E-state index contributed by atoms with van der Waals surface area (Å²) < 4.78 is 26.3. The van der Waals surface area contributed by atoms with Gasteiger partial charge >= 0.3 is 0 Å². The number of amides is 1. The van der Waals surface area contributed by atoms with Crippen molar-refractivity contribution in [3.8, 4) is 0 Å². The molecule has 0 aliphatic heterocycles. The molecule has 7 heteroatoms. The quantitative estimate of drug-likeness (QED) is 0.793. The maximum absolute atomic E-state index is 12.4. The van der Waals surface area contributed by atoms with E-state index in [0.717, 1.165) is 31.7 Å². The number of carbonyl (C=O) groups is 1. The molecule has 0 atom stereocenters. The summed E-state index contributed by atoms with van der Waals surface area (Å²) in [5.74, 6) is -0.389. The number of halogens is 1. The summed E-state index contributed by atoms with van der Waals surface area (Å²) in [5.41, 5.74) is 4.05. The predicted molar refractivity (Wildman–Crippen MR) is 106 cm³/mol. The monoisotopic (exact) mass is 424 g/mol. The fourth-order valence-electron chi connectivity index (χ4n) is 2.39. The standard InChI is InChI=1S/C18H21BrN2O3S/c1-12-6-5-7-17(14(12)3)20-18(22)11-21(25(4,23)24)15-8-9-16(19)13(2)10-15/h5-10H,11H2,1-4H3,(H,20,22). The zero-order valence-electron chi connectivity index (χ0n) is 14.6. The summed E-state index contributed by atoms with van der Waals surface area (Å²) in [6.45, 7) is 5.45. The highest BCUT2D eigenvalue weighted by Gasteiger charge is 2.21. The molecule has 2 aromatic carbocycles. The Morgan fingerprint density at radius 3 is 2.40 bits per heavy atom. The van der Waals surface area contributed by atoms with Crippen molar-refractivity contribution in [2.45, 2.75) is 20.8 Å². The second kappa shape index (κ2) is 7.58. The number of nitrogens with one attached hydrogen (secondary N) is 1. The number of nitrogens with zero attached hydrogens (tertiary/aromatic N) is 1. The molecule has 0 saturated carbocycles. The van der Waals surface area contributed by atoms with E-state index in [9.17, 15) is 13.2 Å². The smallest absolute Gasteiger partial charge is 0.245 e. The molecule has 25 heavy (non-hydrogen) atoms. The summed E-state index contributed by atoms with van der Waals surface area (Å²) in [5, 5.41) is 2.80. The van der Waals surface area contributed by atoms with Gasteiger partial charge in [-0.05, 0) is 61.7 Å². The average molecular weight is 425 g/mol. The third kappa shape index (κ3) is 4.83. The van der Waals surface area contributed by atoms with Crippen LogP contribution in [0.3, 0.4) is 0 Å². The third-order valence-electron chi connectivity index (χ3n) is 4.00. The Balaban J connectivity index is 2.27. The number of hydrogen-bond acceptors (Lipinski definition) is 3. The minimum Gasteiger partial charge on any atom is -0.324 e. The fourth-order valence-corrected chi connectivity index (χ4v) is 3.49. The lowest BCUT2D eigenvalue weighted by atomic mass is 10.1. The second-order valence-corrected chi connectivity index (χ2v) is 8.76. The largest absolute Gasteiger partial charge is 0.324 e. The van der Waals surface area contributed by atoms with E-state index in [0.29, 0.717) is 11.4 Å². The molecule has 0 spiro atoms. The van der Waals surface area contributed by atoms with E-state index in [1.165, 1.54) is 0 Å². The number of hydrogen-bond donors (Lipinski definition) is 1. The van der Waals surface area contributed by atoms with Gasteiger partial charge in [0.25, 0.3) is 0 Å². The van der Waals surface area contributed by atoms with Gasteiger partial charge < -0.3 is 5.32 Å². The number of carbonyl (C=O) groups excluding carboxylic acids is 1. The van der Waals surface area contributed by atoms with Crippen LogP contribution in [0.5, 0.6) is 0 Å². The molecule has 2 aromatic rings. The normalized spacial score (nSPS) is 11.2. The SMILES string of the molecule is Cc1cc(N(CC(=O)Nc2cccc(C)c2C)S(C)(=O)=O)ccc1Br. The van der Waals surface area contributed by atoms with Crippen molar-refractivity contribution >= 4 is 43.2 Å². The molecule has 0 aliphatic rings. The van der Waals surface area contributed by atoms with Crippen LogP contribution in [-0.4, -0.2) is 27.1 Å². The fraction of sp³-hybridized carbons (Fsp3) is 0.278. The lowest BCUT2D eigenvalue weighted by Gasteiger charge is -2.23. The first-order valence-electron chi connectivity index (χ1n) is 7.69. The van der Waals surface area contributed by atoms with Crippen LogP contribution in [0.25, 0.3) is 0 Å². The minimum atomic E-state index is -3.60. The van der Waals surface area contributed by atoms with Crippen molar-refractivity contribution in [2.75, 3.05) is 22.4 Å². The first-order valence-corrected chi connectivity index (χ1v) is 10.3. The van der Waals surface area contributed by atoms with Gasteiger partial charge in [0.05, 0.1) is 11.9 Å². The number of benzene rings is 2. The molecule has 0 unspecified atom stereocenters. The van der Waals surface area contributed by atoms with Crippen LogP contribution in [0.15, 0.2) is 40.9 Å². The predicted octanol–water partition coefficient (Wildman–Crippen LogP) is 3.78. The summed E-state index contributed by atoms with van der Waals surface area (Å²) in [7, 11) is -3.60. The highest BCUT2D eigenvalue weighted by atomic mass is 79.9. The Bertz CT molecular complexity index is 911. The van der Waals surface area contributed by atoms with E-state index in [4.69, 9.17) is 0 Å². The van der Waals surface area contributed by atoms with E-state index >= 15 is 0 Å². The van der Waals surface area contributed by atoms with Gasteiger partial charge in [0, 0.05) is 10.2 Å². The topological polar surface area (TPSA) is 66.5 Å². The number of sulfonamides is 1. The molecule has 0 aliphatic carbocycles. The first kappa shape index (κ1) is 19.5. The highest BCUT2D eigenvalue weighted by molar-refractivity contribution is 9.10. The number of rotatable bonds is 5. The number of aryl methyl sites for hydroxylation is 2. The van der Waals surface area contributed by atoms with Gasteiger partial charge in [0.15, 0.2) is 0 Å². The Labute approximate surface area is 157 Å². The van der Waals surface area contributed by atoms with Crippen molar-refractivity contribution in [2.24, 2.45) is 0 Å². The van der Waals surface area contributed by atoms with Gasteiger partial charge in [0.2, 0.25) is 15.9 Å². The third-order valence-corrected chi connectivity index (χ3v) is 6.03. The van der Waals surface area contributed by atoms with Gasteiger partial charge in [0.1, 0.15) is 6.54 Å². The molecule has 0 aromatic heterocycles. The molecule has 0 saturated heterocycles. The highest BCUT2D eigenvalue weighted by Crippen LogP contribution is 2.25. The summed E-state index contributed by atoms with van der Waals surface area (Å²) in [6.07, 6.45) is 1.09. The average Bonchev–Trinajstić information content (AvgIpc) is 2.51. The summed E-state index contributed by atoms with van der Waals surface area (Å²) >= 11 is 3.39. The molecular formula is C18H21BrN2O3S. The molecule has 0 heterocycles. The zero-order valence-corrected chi connectivity index (χ0v) is 17.0. The van der Waals surface area contributed by atoms with Crippen LogP contribution in [0, 0.1) is 20.8 Å². The molecule has 2 rings (SSSR count). The first-order chi connectivity index (χ1) is 11.6. The van der Waals surface area contributed by atoms with E-state index < -0.39 is 10.0 Å². The molecule has 0 radical (unpaired) electrons. The number of anilines is 2. The Kier molecular flexibility index (Phi) is 5.90. The van der Waals surface area contributed by atoms with Gasteiger partial charge in [-0.25, -0.2) is 8.42 Å². The lowest BCUT2D eigenvalue weighted by molar-refractivity contribution is -0.114. The van der Waals surface area contributed by atoms with Crippen molar-refractivity contribution in [3.63, 3.8) is 0 Å². The van der Waals surface area contributed by atoms with E-state index in [1.54, 1.807) is 24.3 Å². The molecule has 0 bridgehead atoms. The van der Waals surface area contributed by atoms with Crippen LogP contribution in [0.2, 0.25) is 0 Å². The second-order valence-electron chi connectivity index (χ2n) is 6.00. The molecule has 134 valence electrons. The molecule has 0 fully saturated rings. The Morgan fingerprint density at radius 2 is 1.80 bits per heavy atom. The van der Waals surface area contributed by atoms with Crippen molar-refractivity contribution in [3.05, 3.63) is 57.6 Å². The maximum atomic E-state index is 12.4. The van der Waals surface area contributed by atoms with Gasteiger partial charge in [-0.2, -0.15) is 0 Å². The van der Waals surface area contributed by atoms with Crippen LogP contribution in [-0.2, 0) is 14.8 Å². The van der Waals surface area contributed by atoms with Crippen molar-refractivity contribution < 1.29 is 13.2 Å². The minimum absolute atomic E-state index is 0.284. The molecule has 1 N–H and O–H groups in total. The van der Waals surface area contributed by atoms with Gasteiger partial charge in [-0.15, -0.1) is 0 Å². The van der Waals surface area contributed by atoms with Crippen LogP contribution >= 0.6 is 15.9 Å². The zero-order chi connectivity index (χ0) is 18.8. The van der Waals surface area contributed by atoms with E-state index in [1.807, 2.05) is 32.9 Å². The molecule has 1 amide bonds. The Morgan fingerprint density at radius 1 is 1.12 bits per heavy atom. The lowest BCUT2D eigenvalue weighted by Crippen LogP contribution is -2.37. The van der Waals surface area contributed by atoms with Crippen LogP contribution in [0.4, 0.5) is 11.4 Å². The van der Waals surface area contributed by atoms with Crippen LogP contribution in [0.1, 0.15) is 16.7 Å². The van der Waals surface area contributed by atoms with E-state index in [-0.39, 0.29) is 12.5 Å². The maximum Gasteiger partial charge on any atom is 0.245 e. The van der Waals surface area contributed by atoms with E-state index in [2.05, 4.69) is 21.2 Å². The molecular weight excluding hydrogens is 404 g/mol. The summed E-state index contributed by atoms with van der Waals surface area (Å²) in [4.78, 5) is 12.4. The van der Waals surface area contributed by atoms with Crippen molar-refractivity contribution in [1.29, 1.82) is 0 Å². The van der Waals surface area contributed by atoms with Crippen LogP contribution < -0.4 is 9.62 Å². The summed E-state index contributed by atoms with van der Waals surface area (Å²) in [6, 6.07) is 10.8. The van der Waals surface area contributed by atoms with Gasteiger partial charge in [-0.1, -0.05) is 28.1 Å².